The molecule has 4 nitrogen and oxygen atoms in total. The second-order valence-electron chi connectivity index (χ2n) is 5.66. The van der Waals surface area contributed by atoms with Gasteiger partial charge >= 0.3 is 12.3 Å². The van der Waals surface area contributed by atoms with Crippen molar-refractivity contribution >= 4 is 6.09 Å². The van der Waals surface area contributed by atoms with E-state index in [4.69, 9.17) is 4.74 Å². The van der Waals surface area contributed by atoms with E-state index in [2.05, 4.69) is 5.32 Å². The SMILES string of the molecule is CC(C)(C)OC(=O)N1CCN[C@@](C)(C(F)(F)F)C1. The van der Waals surface area contributed by atoms with Crippen LogP contribution in [0, 0.1) is 0 Å². The van der Waals surface area contributed by atoms with Crippen LogP contribution in [0.15, 0.2) is 0 Å². The molecule has 1 heterocycles. The average molecular weight is 268 g/mol. The van der Waals surface area contributed by atoms with E-state index in [1.165, 1.54) is 0 Å². The fraction of sp³-hybridized carbons (Fsp3) is 0.909. The Morgan fingerprint density at radius 2 is 1.89 bits per heavy atom. The summed E-state index contributed by atoms with van der Waals surface area (Å²) in [6, 6.07) is 0. The van der Waals surface area contributed by atoms with Crippen LogP contribution in [0.25, 0.3) is 0 Å². The van der Waals surface area contributed by atoms with Crippen molar-refractivity contribution in [1.82, 2.24) is 10.2 Å². The third-order valence-electron chi connectivity index (χ3n) is 2.68. The number of carbonyl (C=O) groups is 1. The normalized spacial score (nSPS) is 26.1. The first-order chi connectivity index (χ1) is 7.95. The van der Waals surface area contributed by atoms with Gasteiger partial charge in [0.2, 0.25) is 0 Å². The zero-order chi connectivity index (χ0) is 14.2. The van der Waals surface area contributed by atoms with Crippen molar-refractivity contribution in [2.45, 2.75) is 45.0 Å². The summed E-state index contributed by atoms with van der Waals surface area (Å²) in [5.74, 6) is 0. The van der Waals surface area contributed by atoms with Crippen LogP contribution in [0.4, 0.5) is 18.0 Å². The van der Waals surface area contributed by atoms with Gasteiger partial charge in [-0.25, -0.2) is 4.79 Å². The van der Waals surface area contributed by atoms with Crippen LogP contribution in [-0.2, 0) is 4.74 Å². The van der Waals surface area contributed by atoms with Crippen LogP contribution in [0.3, 0.4) is 0 Å². The molecule has 1 rings (SSSR count). The number of hydrogen-bond donors (Lipinski definition) is 1. The highest BCUT2D eigenvalue weighted by Gasteiger charge is 2.54. The minimum Gasteiger partial charge on any atom is -0.444 e. The number of amides is 1. The predicted octanol–water partition coefficient (Wildman–Crippen LogP) is 2.15. The van der Waals surface area contributed by atoms with Gasteiger partial charge in [-0.05, 0) is 27.7 Å². The van der Waals surface area contributed by atoms with E-state index in [0.29, 0.717) is 0 Å². The molecular formula is C11H19F3N2O2. The van der Waals surface area contributed by atoms with Crippen molar-refractivity contribution < 1.29 is 22.7 Å². The van der Waals surface area contributed by atoms with Gasteiger partial charge in [-0.3, -0.25) is 0 Å². The largest absolute Gasteiger partial charge is 0.444 e. The zero-order valence-corrected chi connectivity index (χ0v) is 11.0. The Balaban J connectivity index is 2.73. The van der Waals surface area contributed by atoms with Crippen molar-refractivity contribution in [3.63, 3.8) is 0 Å². The minimum absolute atomic E-state index is 0.0925. The first kappa shape index (κ1) is 15.1. The molecule has 0 spiro atoms. The number of rotatable bonds is 0. The third kappa shape index (κ3) is 3.51. The Morgan fingerprint density at radius 3 is 2.33 bits per heavy atom. The minimum atomic E-state index is -4.41. The molecule has 1 atom stereocenters. The number of alkyl halides is 3. The van der Waals surface area contributed by atoms with Gasteiger partial charge in [0.05, 0.1) is 6.54 Å². The van der Waals surface area contributed by atoms with Crippen LogP contribution in [0.1, 0.15) is 27.7 Å². The van der Waals surface area contributed by atoms with Gasteiger partial charge in [-0.1, -0.05) is 0 Å². The van der Waals surface area contributed by atoms with Crippen LogP contribution in [0.2, 0.25) is 0 Å². The molecule has 1 amide bonds. The zero-order valence-electron chi connectivity index (χ0n) is 11.0. The van der Waals surface area contributed by atoms with E-state index in [0.717, 1.165) is 11.8 Å². The summed E-state index contributed by atoms with van der Waals surface area (Å²) in [6.45, 7) is 5.94. The van der Waals surface area contributed by atoms with Crippen LogP contribution in [0.5, 0.6) is 0 Å². The topological polar surface area (TPSA) is 41.6 Å². The lowest BCUT2D eigenvalue weighted by Crippen LogP contribution is -2.66. The van der Waals surface area contributed by atoms with Crippen molar-refractivity contribution in [1.29, 1.82) is 0 Å². The molecule has 0 unspecified atom stereocenters. The van der Waals surface area contributed by atoms with Crippen molar-refractivity contribution in [3.05, 3.63) is 0 Å². The Kier molecular flexibility index (Phi) is 3.86. The molecule has 0 aromatic heterocycles. The predicted molar refractivity (Wildman–Crippen MR) is 60.3 cm³/mol. The van der Waals surface area contributed by atoms with Crippen LogP contribution >= 0.6 is 0 Å². The lowest BCUT2D eigenvalue weighted by atomic mass is 9.99. The highest BCUT2D eigenvalue weighted by molar-refractivity contribution is 5.68. The number of ether oxygens (including phenoxy) is 1. The maximum atomic E-state index is 12.9. The summed E-state index contributed by atoms with van der Waals surface area (Å²) in [4.78, 5) is 12.8. The number of nitrogens with one attached hydrogen (secondary N) is 1. The van der Waals surface area contributed by atoms with E-state index < -0.39 is 30.0 Å². The highest BCUT2D eigenvalue weighted by atomic mass is 19.4. The lowest BCUT2D eigenvalue weighted by Gasteiger charge is -2.42. The average Bonchev–Trinajstić information content (AvgIpc) is 2.13. The first-order valence-corrected chi connectivity index (χ1v) is 5.74. The van der Waals surface area contributed by atoms with E-state index in [-0.39, 0.29) is 13.1 Å². The summed E-state index contributed by atoms with van der Waals surface area (Å²) < 4.78 is 43.7. The molecule has 1 fully saturated rings. The van der Waals surface area contributed by atoms with Crippen molar-refractivity contribution in [2.24, 2.45) is 0 Å². The Hall–Kier alpha value is -0.980. The summed E-state index contributed by atoms with van der Waals surface area (Å²) >= 11 is 0. The molecule has 1 saturated heterocycles. The second kappa shape index (κ2) is 4.60. The van der Waals surface area contributed by atoms with Gasteiger partial charge in [0, 0.05) is 13.1 Å². The molecule has 0 radical (unpaired) electrons. The molecule has 0 aromatic carbocycles. The summed E-state index contributed by atoms with van der Waals surface area (Å²) in [7, 11) is 0. The van der Waals surface area contributed by atoms with Gasteiger partial charge in [-0.15, -0.1) is 0 Å². The molecule has 18 heavy (non-hydrogen) atoms. The Labute approximate surface area is 104 Å². The van der Waals surface area contributed by atoms with E-state index in [1.807, 2.05) is 0 Å². The van der Waals surface area contributed by atoms with E-state index in [1.54, 1.807) is 20.8 Å². The van der Waals surface area contributed by atoms with Crippen molar-refractivity contribution in [3.8, 4) is 0 Å². The molecule has 0 saturated carbocycles. The molecular weight excluding hydrogens is 249 g/mol. The van der Waals surface area contributed by atoms with Gasteiger partial charge in [-0.2, -0.15) is 13.2 Å². The standard InChI is InChI=1S/C11H19F3N2O2/c1-9(2,3)18-8(17)16-6-5-15-10(4,7-16)11(12,13)14/h15H,5-7H2,1-4H3/t10-/m1/s1. The van der Waals surface area contributed by atoms with Crippen molar-refractivity contribution in [2.75, 3.05) is 19.6 Å². The van der Waals surface area contributed by atoms with Gasteiger partial charge in [0.15, 0.2) is 0 Å². The summed E-state index contributed by atoms with van der Waals surface area (Å²) in [5, 5.41) is 2.41. The highest BCUT2D eigenvalue weighted by Crippen LogP contribution is 2.32. The maximum absolute atomic E-state index is 12.9. The van der Waals surface area contributed by atoms with E-state index >= 15 is 0 Å². The van der Waals surface area contributed by atoms with E-state index in [9.17, 15) is 18.0 Å². The smallest absolute Gasteiger partial charge is 0.410 e. The third-order valence-corrected chi connectivity index (χ3v) is 2.68. The summed E-state index contributed by atoms with van der Waals surface area (Å²) in [5.41, 5.74) is -2.79. The summed E-state index contributed by atoms with van der Waals surface area (Å²) in [6.07, 6.45) is -5.12. The molecule has 106 valence electrons. The molecule has 1 aliphatic rings. The Morgan fingerprint density at radius 1 is 1.33 bits per heavy atom. The number of nitrogens with zero attached hydrogens (tertiary/aromatic N) is 1. The molecule has 1 N–H and O–H groups in total. The quantitative estimate of drug-likeness (QED) is 0.732. The number of carbonyl (C=O) groups excluding carboxylic acids is 1. The van der Waals surface area contributed by atoms with Gasteiger partial charge < -0.3 is 15.0 Å². The fourth-order valence-electron chi connectivity index (χ4n) is 1.66. The molecule has 0 aromatic rings. The lowest BCUT2D eigenvalue weighted by molar-refractivity contribution is -0.200. The van der Waals surface area contributed by atoms with Gasteiger partial charge in [0.1, 0.15) is 11.1 Å². The van der Waals surface area contributed by atoms with Crippen LogP contribution in [-0.4, -0.2) is 47.9 Å². The molecule has 7 heteroatoms. The monoisotopic (exact) mass is 268 g/mol. The number of piperazine rings is 1. The molecule has 0 bridgehead atoms. The fourth-order valence-corrected chi connectivity index (χ4v) is 1.66. The van der Waals surface area contributed by atoms with Gasteiger partial charge in [0.25, 0.3) is 0 Å². The first-order valence-electron chi connectivity index (χ1n) is 5.74. The number of halogens is 3. The Bertz CT molecular complexity index is 325. The molecule has 0 aliphatic carbocycles. The number of hydrogen-bond acceptors (Lipinski definition) is 3. The maximum Gasteiger partial charge on any atom is 0.410 e. The van der Waals surface area contributed by atoms with Crippen LogP contribution < -0.4 is 5.32 Å². The molecule has 1 aliphatic heterocycles. The second-order valence-corrected chi connectivity index (χ2v) is 5.66.